The molecule has 2 aromatic carbocycles. The molecule has 5 rings (SSSR count). The van der Waals surface area contributed by atoms with Gasteiger partial charge in [-0.25, -0.2) is 4.79 Å². The van der Waals surface area contributed by atoms with Gasteiger partial charge in [0.25, 0.3) is 0 Å². The number of hydrogen-bond acceptors (Lipinski definition) is 4. The third-order valence-corrected chi connectivity index (χ3v) is 6.22. The Morgan fingerprint density at radius 1 is 1.11 bits per heavy atom. The van der Waals surface area contributed by atoms with Gasteiger partial charge < -0.3 is 14.1 Å². The SMILES string of the molecule is CCc1ccccc1N1COc2c(Cl)cc3c4c(c(=O)oc3c2C1)CCCC4. The molecule has 0 spiro atoms. The molecule has 28 heavy (non-hydrogen) atoms. The van der Waals surface area contributed by atoms with Crippen molar-refractivity contribution >= 4 is 28.3 Å². The van der Waals surface area contributed by atoms with Gasteiger partial charge in [-0.2, -0.15) is 0 Å². The molecule has 4 nitrogen and oxygen atoms in total. The molecule has 0 radical (unpaired) electrons. The second-order valence-electron chi connectivity index (χ2n) is 7.55. The number of nitrogens with zero attached hydrogens (tertiary/aromatic N) is 1. The lowest BCUT2D eigenvalue weighted by molar-refractivity contribution is 0.289. The van der Waals surface area contributed by atoms with E-state index in [9.17, 15) is 4.79 Å². The Kier molecular flexibility index (Phi) is 4.31. The van der Waals surface area contributed by atoms with Crippen LogP contribution in [-0.2, 0) is 25.8 Å². The topological polar surface area (TPSA) is 42.7 Å². The fourth-order valence-corrected chi connectivity index (χ4v) is 4.82. The number of fused-ring (bicyclic) bond motifs is 5. The lowest BCUT2D eigenvalue weighted by atomic mass is 9.89. The Labute approximate surface area is 168 Å². The minimum absolute atomic E-state index is 0.210. The first-order valence-corrected chi connectivity index (χ1v) is 10.3. The Bertz CT molecular complexity index is 1130. The van der Waals surface area contributed by atoms with E-state index in [0.717, 1.165) is 59.9 Å². The zero-order valence-electron chi connectivity index (χ0n) is 15.9. The van der Waals surface area contributed by atoms with Crippen molar-refractivity contribution in [2.24, 2.45) is 0 Å². The summed E-state index contributed by atoms with van der Waals surface area (Å²) in [7, 11) is 0. The van der Waals surface area contributed by atoms with E-state index in [1.165, 1.54) is 5.56 Å². The molecule has 0 saturated carbocycles. The normalized spacial score (nSPS) is 15.9. The standard InChI is InChI=1S/C23H22ClNO3/c1-2-14-7-3-6-10-20(14)25-12-18-21-17(11-19(24)22(18)27-13-25)15-8-4-5-9-16(15)23(26)28-21/h3,6-7,10-11H,2,4-5,8-9,12-13H2,1H3. The van der Waals surface area contributed by atoms with Crippen molar-refractivity contribution in [3.05, 3.63) is 68.0 Å². The molecule has 2 heterocycles. The summed E-state index contributed by atoms with van der Waals surface area (Å²) < 4.78 is 11.9. The number of benzene rings is 2. The summed E-state index contributed by atoms with van der Waals surface area (Å²) in [6, 6.07) is 10.3. The van der Waals surface area contributed by atoms with E-state index in [1.54, 1.807) is 0 Å². The van der Waals surface area contributed by atoms with Gasteiger partial charge in [0.05, 0.1) is 17.1 Å². The van der Waals surface area contributed by atoms with Crippen molar-refractivity contribution in [3.8, 4) is 5.75 Å². The predicted molar refractivity (Wildman–Crippen MR) is 112 cm³/mol. The second kappa shape index (κ2) is 6.85. The van der Waals surface area contributed by atoms with E-state index >= 15 is 0 Å². The van der Waals surface area contributed by atoms with Crippen molar-refractivity contribution in [1.29, 1.82) is 0 Å². The number of rotatable bonds is 2. The molecule has 2 aliphatic rings. The van der Waals surface area contributed by atoms with Crippen LogP contribution in [0, 0.1) is 0 Å². The summed E-state index contributed by atoms with van der Waals surface area (Å²) in [5.74, 6) is 0.637. The van der Waals surface area contributed by atoms with E-state index in [-0.39, 0.29) is 5.63 Å². The van der Waals surface area contributed by atoms with Crippen LogP contribution < -0.4 is 15.3 Å². The third-order valence-electron chi connectivity index (χ3n) is 5.94. The average Bonchev–Trinajstić information content (AvgIpc) is 2.74. The molecular formula is C23H22ClNO3. The number of anilines is 1. The maximum Gasteiger partial charge on any atom is 0.339 e. The highest BCUT2D eigenvalue weighted by Gasteiger charge is 2.28. The Hall–Kier alpha value is -2.46. The maximum absolute atomic E-state index is 12.6. The zero-order chi connectivity index (χ0) is 19.3. The van der Waals surface area contributed by atoms with Gasteiger partial charge in [-0.15, -0.1) is 0 Å². The van der Waals surface area contributed by atoms with E-state index in [4.69, 9.17) is 20.8 Å². The van der Waals surface area contributed by atoms with Crippen LogP contribution in [0.4, 0.5) is 5.69 Å². The van der Waals surface area contributed by atoms with E-state index in [0.29, 0.717) is 29.6 Å². The molecule has 0 bridgehead atoms. The first-order chi connectivity index (χ1) is 13.7. The molecule has 144 valence electrons. The molecule has 0 fully saturated rings. The number of aryl methyl sites for hydroxylation is 2. The first-order valence-electron chi connectivity index (χ1n) is 9.93. The van der Waals surface area contributed by atoms with Crippen LogP contribution in [0.5, 0.6) is 5.75 Å². The van der Waals surface area contributed by atoms with Gasteiger partial charge >= 0.3 is 5.63 Å². The minimum Gasteiger partial charge on any atom is -0.471 e. The van der Waals surface area contributed by atoms with Gasteiger partial charge in [-0.1, -0.05) is 36.7 Å². The van der Waals surface area contributed by atoms with Crippen molar-refractivity contribution in [2.75, 3.05) is 11.6 Å². The second-order valence-corrected chi connectivity index (χ2v) is 7.96. The predicted octanol–water partition coefficient (Wildman–Crippen LogP) is 5.24. The molecule has 1 aromatic heterocycles. The Morgan fingerprint density at radius 2 is 1.89 bits per heavy atom. The van der Waals surface area contributed by atoms with Crippen LogP contribution in [0.1, 0.15) is 42.0 Å². The number of ether oxygens (including phenoxy) is 1. The highest BCUT2D eigenvalue weighted by Crippen LogP contribution is 2.42. The number of hydrogen-bond donors (Lipinski definition) is 0. The first kappa shape index (κ1) is 17.6. The van der Waals surface area contributed by atoms with Gasteiger partial charge in [-0.3, -0.25) is 0 Å². The summed E-state index contributed by atoms with van der Waals surface area (Å²) >= 11 is 6.59. The molecule has 0 atom stereocenters. The van der Waals surface area contributed by atoms with Gasteiger partial charge in [-0.05, 0) is 55.4 Å². The van der Waals surface area contributed by atoms with Gasteiger partial charge in [0, 0.05) is 16.6 Å². The smallest absolute Gasteiger partial charge is 0.339 e. The van der Waals surface area contributed by atoms with Crippen LogP contribution >= 0.6 is 11.6 Å². The highest BCUT2D eigenvalue weighted by atomic mass is 35.5. The van der Waals surface area contributed by atoms with Crippen LogP contribution in [0.15, 0.2) is 39.5 Å². The number of para-hydroxylation sites is 1. The van der Waals surface area contributed by atoms with Crippen LogP contribution in [0.25, 0.3) is 11.0 Å². The van der Waals surface area contributed by atoms with Crippen molar-refractivity contribution in [1.82, 2.24) is 0 Å². The molecule has 1 aliphatic carbocycles. The maximum atomic E-state index is 12.6. The monoisotopic (exact) mass is 395 g/mol. The summed E-state index contributed by atoms with van der Waals surface area (Å²) in [6.45, 7) is 3.17. The molecule has 3 aromatic rings. The van der Waals surface area contributed by atoms with Crippen LogP contribution in [0.3, 0.4) is 0 Å². The molecule has 0 N–H and O–H groups in total. The summed E-state index contributed by atoms with van der Waals surface area (Å²) in [6.07, 6.45) is 4.75. The molecular weight excluding hydrogens is 374 g/mol. The van der Waals surface area contributed by atoms with Crippen molar-refractivity contribution < 1.29 is 9.15 Å². The fourth-order valence-electron chi connectivity index (χ4n) is 4.54. The van der Waals surface area contributed by atoms with Crippen LogP contribution in [0.2, 0.25) is 5.02 Å². The lowest BCUT2D eigenvalue weighted by Gasteiger charge is -2.33. The Balaban J connectivity index is 1.69. The fraction of sp³-hybridized carbons (Fsp3) is 0.348. The summed E-state index contributed by atoms with van der Waals surface area (Å²) in [5, 5.41) is 1.56. The average molecular weight is 396 g/mol. The van der Waals surface area contributed by atoms with Crippen LogP contribution in [-0.4, -0.2) is 6.73 Å². The quantitative estimate of drug-likeness (QED) is 0.556. The van der Waals surface area contributed by atoms with E-state index in [2.05, 4.69) is 30.0 Å². The van der Waals surface area contributed by atoms with Gasteiger partial charge in [0.1, 0.15) is 11.3 Å². The zero-order valence-corrected chi connectivity index (χ0v) is 16.6. The highest BCUT2D eigenvalue weighted by molar-refractivity contribution is 6.33. The van der Waals surface area contributed by atoms with E-state index < -0.39 is 0 Å². The van der Waals surface area contributed by atoms with E-state index in [1.807, 2.05) is 12.1 Å². The lowest BCUT2D eigenvalue weighted by Crippen LogP contribution is -2.33. The number of halogens is 1. The van der Waals surface area contributed by atoms with Crippen molar-refractivity contribution in [3.63, 3.8) is 0 Å². The summed E-state index contributed by atoms with van der Waals surface area (Å²) in [5.41, 5.74) is 5.61. The minimum atomic E-state index is -0.210. The largest absolute Gasteiger partial charge is 0.471 e. The molecule has 0 unspecified atom stereocenters. The third kappa shape index (κ3) is 2.70. The molecule has 0 saturated heterocycles. The van der Waals surface area contributed by atoms with Gasteiger partial charge in [0.15, 0.2) is 6.73 Å². The van der Waals surface area contributed by atoms with Gasteiger partial charge in [0.2, 0.25) is 0 Å². The van der Waals surface area contributed by atoms with Crippen molar-refractivity contribution in [2.45, 2.75) is 45.6 Å². The molecule has 0 amide bonds. The molecule has 1 aliphatic heterocycles. The summed E-state index contributed by atoms with van der Waals surface area (Å²) in [4.78, 5) is 14.8. The molecule has 5 heteroatoms. The Morgan fingerprint density at radius 3 is 2.71 bits per heavy atom.